The maximum Gasteiger partial charge on any atom is 0.228 e. The van der Waals surface area contributed by atoms with Crippen LogP contribution in [0.4, 0.5) is 0 Å². The fourth-order valence-corrected chi connectivity index (χ4v) is 2.57. The second-order valence-corrected chi connectivity index (χ2v) is 7.17. The van der Waals surface area contributed by atoms with E-state index in [0.717, 1.165) is 35.6 Å². The fourth-order valence-electron chi connectivity index (χ4n) is 2.57. The van der Waals surface area contributed by atoms with E-state index in [4.69, 9.17) is 9.26 Å². The smallest absolute Gasteiger partial charge is 0.228 e. The van der Waals surface area contributed by atoms with Crippen LogP contribution in [0.15, 0.2) is 33.8 Å². The lowest BCUT2D eigenvalue weighted by Gasteiger charge is -2.14. The molecule has 1 aliphatic carbocycles. The lowest BCUT2D eigenvalue weighted by atomic mass is 10.2. The van der Waals surface area contributed by atoms with E-state index in [-0.39, 0.29) is 29.9 Å². The summed E-state index contributed by atoms with van der Waals surface area (Å²) in [6, 6.07) is 8.14. The standard InChI is InChI=1S/C20H29N5O2.HI/c1-14(2)19-24-18(27-25-19)10-11-22-20(21-3)23-12-16-6-4-5-7-17(16)26-13-15-8-9-15;/h4-7,14-15H,8-13H2,1-3H3,(H2,21,22,23);1H. The average Bonchev–Trinajstić information content (AvgIpc) is 3.38. The van der Waals surface area contributed by atoms with E-state index < -0.39 is 0 Å². The molecule has 0 atom stereocenters. The van der Waals surface area contributed by atoms with Gasteiger partial charge >= 0.3 is 0 Å². The van der Waals surface area contributed by atoms with Gasteiger partial charge in [-0.15, -0.1) is 24.0 Å². The highest BCUT2D eigenvalue weighted by Crippen LogP contribution is 2.30. The highest BCUT2D eigenvalue weighted by atomic mass is 127. The first-order valence-corrected chi connectivity index (χ1v) is 9.63. The minimum absolute atomic E-state index is 0. The first-order chi connectivity index (χ1) is 13.2. The van der Waals surface area contributed by atoms with Gasteiger partial charge in [0.05, 0.1) is 6.61 Å². The van der Waals surface area contributed by atoms with Gasteiger partial charge in [-0.25, -0.2) is 0 Å². The second-order valence-electron chi connectivity index (χ2n) is 7.17. The predicted octanol–water partition coefficient (Wildman–Crippen LogP) is 3.51. The topological polar surface area (TPSA) is 84.6 Å². The van der Waals surface area contributed by atoms with Crippen LogP contribution in [-0.2, 0) is 13.0 Å². The van der Waals surface area contributed by atoms with Crippen molar-refractivity contribution in [2.75, 3.05) is 20.2 Å². The van der Waals surface area contributed by atoms with E-state index in [1.807, 2.05) is 32.0 Å². The number of para-hydroxylation sites is 1. The van der Waals surface area contributed by atoms with Gasteiger partial charge in [0.1, 0.15) is 5.75 Å². The molecule has 8 heteroatoms. The molecule has 1 aromatic carbocycles. The van der Waals surface area contributed by atoms with Crippen molar-refractivity contribution in [1.29, 1.82) is 0 Å². The molecule has 154 valence electrons. The molecular weight excluding hydrogens is 469 g/mol. The number of guanidine groups is 1. The second kappa shape index (κ2) is 11.2. The molecule has 0 aliphatic heterocycles. The first kappa shape index (κ1) is 22.4. The zero-order valence-electron chi connectivity index (χ0n) is 16.8. The lowest BCUT2D eigenvalue weighted by molar-refractivity contribution is 0.296. The monoisotopic (exact) mass is 499 g/mol. The molecular formula is C20H30IN5O2. The molecule has 0 unspecified atom stereocenters. The van der Waals surface area contributed by atoms with E-state index in [0.29, 0.717) is 25.4 Å². The number of benzene rings is 1. The first-order valence-electron chi connectivity index (χ1n) is 9.63. The third-order valence-corrected chi connectivity index (χ3v) is 4.45. The summed E-state index contributed by atoms with van der Waals surface area (Å²) < 4.78 is 11.2. The molecule has 1 fully saturated rings. The van der Waals surface area contributed by atoms with Gasteiger partial charge in [-0.3, -0.25) is 4.99 Å². The highest BCUT2D eigenvalue weighted by molar-refractivity contribution is 14.0. The summed E-state index contributed by atoms with van der Waals surface area (Å²) in [5.41, 5.74) is 1.12. The zero-order valence-corrected chi connectivity index (χ0v) is 19.1. The van der Waals surface area contributed by atoms with Gasteiger partial charge in [0.15, 0.2) is 11.8 Å². The molecule has 1 aromatic heterocycles. The summed E-state index contributed by atoms with van der Waals surface area (Å²) in [6.07, 6.45) is 3.23. The lowest BCUT2D eigenvalue weighted by Crippen LogP contribution is -2.38. The van der Waals surface area contributed by atoms with Crippen molar-refractivity contribution in [2.45, 2.75) is 45.6 Å². The Kier molecular flexibility index (Phi) is 9.01. The molecule has 0 amide bonds. The summed E-state index contributed by atoms with van der Waals surface area (Å²) in [5.74, 6) is 4.07. The molecule has 7 nitrogen and oxygen atoms in total. The number of hydrogen-bond acceptors (Lipinski definition) is 5. The van der Waals surface area contributed by atoms with Crippen molar-refractivity contribution in [3.63, 3.8) is 0 Å². The molecule has 1 aliphatic rings. The Morgan fingerprint density at radius 1 is 1.29 bits per heavy atom. The van der Waals surface area contributed by atoms with E-state index in [1.165, 1.54) is 12.8 Å². The van der Waals surface area contributed by atoms with Crippen molar-refractivity contribution < 1.29 is 9.26 Å². The SMILES string of the molecule is CN=C(NCCc1nc(C(C)C)no1)NCc1ccccc1OCC1CC1.I. The number of ether oxygens (including phenoxy) is 1. The molecule has 28 heavy (non-hydrogen) atoms. The minimum Gasteiger partial charge on any atom is -0.493 e. The zero-order chi connectivity index (χ0) is 19.1. The number of nitrogens with zero attached hydrogens (tertiary/aromatic N) is 3. The van der Waals surface area contributed by atoms with Crippen LogP contribution in [0.2, 0.25) is 0 Å². The molecule has 0 radical (unpaired) electrons. The van der Waals surface area contributed by atoms with Crippen molar-refractivity contribution in [2.24, 2.45) is 10.9 Å². The van der Waals surface area contributed by atoms with E-state index in [1.54, 1.807) is 7.05 Å². The predicted molar refractivity (Wildman–Crippen MR) is 120 cm³/mol. The van der Waals surface area contributed by atoms with Crippen LogP contribution in [0.1, 0.15) is 49.9 Å². The molecule has 3 rings (SSSR count). The van der Waals surface area contributed by atoms with Crippen molar-refractivity contribution in [3.8, 4) is 5.75 Å². The quantitative estimate of drug-likeness (QED) is 0.312. The Hall–Kier alpha value is -1.84. The van der Waals surface area contributed by atoms with Gasteiger partial charge in [0, 0.05) is 38.0 Å². The van der Waals surface area contributed by atoms with Crippen molar-refractivity contribution >= 4 is 29.9 Å². The van der Waals surface area contributed by atoms with E-state index in [9.17, 15) is 0 Å². The van der Waals surface area contributed by atoms with E-state index >= 15 is 0 Å². The number of halogens is 1. The van der Waals surface area contributed by atoms with Gasteiger partial charge in [-0.05, 0) is 24.8 Å². The van der Waals surface area contributed by atoms with Gasteiger partial charge in [-0.2, -0.15) is 4.98 Å². The number of aromatic nitrogens is 2. The third-order valence-electron chi connectivity index (χ3n) is 4.45. The normalized spacial score (nSPS) is 13.9. The molecule has 1 saturated carbocycles. The number of hydrogen-bond donors (Lipinski definition) is 2. The van der Waals surface area contributed by atoms with Crippen LogP contribution in [0, 0.1) is 5.92 Å². The maximum atomic E-state index is 5.96. The molecule has 0 bridgehead atoms. The maximum absolute atomic E-state index is 5.96. The third kappa shape index (κ3) is 6.96. The van der Waals surface area contributed by atoms with Gasteiger partial charge in [0.25, 0.3) is 0 Å². The average molecular weight is 499 g/mol. The van der Waals surface area contributed by atoms with E-state index in [2.05, 4.69) is 31.8 Å². The fraction of sp³-hybridized carbons (Fsp3) is 0.550. The summed E-state index contributed by atoms with van der Waals surface area (Å²) in [4.78, 5) is 8.65. The van der Waals surface area contributed by atoms with Crippen LogP contribution in [-0.4, -0.2) is 36.3 Å². The Labute approximate surface area is 183 Å². The Balaban J connectivity index is 0.00000280. The molecule has 1 heterocycles. The van der Waals surface area contributed by atoms with Crippen LogP contribution in [0.5, 0.6) is 5.75 Å². The van der Waals surface area contributed by atoms with Crippen molar-refractivity contribution in [1.82, 2.24) is 20.8 Å². The Morgan fingerprint density at radius 2 is 2.07 bits per heavy atom. The molecule has 0 saturated heterocycles. The summed E-state index contributed by atoms with van der Waals surface area (Å²) >= 11 is 0. The minimum atomic E-state index is 0. The Morgan fingerprint density at radius 3 is 2.75 bits per heavy atom. The Bertz CT molecular complexity index is 759. The summed E-state index contributed by atoms with van der Waals surface area (Å²) in [7, 11) is 1.76. The van der Waals surface area contributed by atoms with Crippen LogP contribution in [0.3, 0.4) is 0 Å². The highest BCUT2D eigenvalue weighted by Gasteiger charge is 2.22. The number of nitrogens with one attached hydrogen (secondary N) is 2. The summed E-state index contributed by atoms with van der Waals surface area (Å²) in [6.45, 7) is 6.22. The van der Waals surface area contributed by atoms with Gasteiger partial charge in [-0.1, -0.05) is 37.2 Å². The van der Waals surface area contributed by atoms with Gasteiger partial charge < -0.3 is 19.9 Å². The molecule has 0 spiro atoms. The van der Waals surface area contributed by atoms with Gasteiger partial charge in [0.2, 0.25) is 5.89 Å². The van der Waals surface area contributed by atoms with Crippen LogP contribution < -0.4 is 15.4 Å². The van der Waals surface area contributed by atoms with Crippen LogP contribution in [0.25, 0.3) is 0 Å². The van der Waals surface area contributed by atoms with Crippen LogP contribution >= 0.6 is 24.0 Å². The largest absolute Gasteiger partial charge is 0.493 e. The number of rotatable bonds is 9. The van der Waals surface area contributed by atoms with Crippen molar-refractivity contribution in [3.05, 3.63) is 41.5 Å². The number of aliphatic imine (C=N–C) groups is 1. The molecule has 2 aromatic rings. The summed E-state index contributed by atoms with van der Waals surface area (Å²) in [5, 5.41) is 10.6. The molecule has 2 N–H and O–H groups in total.